The van der Waals surface area contributed by atoms with E-state index in [1.165, 1.54) is 28.7 Å². The van der Waals surface area contributed by atoms with E-state index in [4.69, 9.17) is 0 Å². The second-order valence-corrected chi connectivity index (χ2v) is 2.92. The molecule has 0 aliphatic rings. The maximum absolute atomic E-state index is 12.9. The van der Waals surface area contributed by atoms with Crippen LogP contribution >= 0.6 is 22.6 Å². The van der Waals surface area contributed by atoms with Gasteiger partial charge in [0.25, 0.3) is 0 Å². The Labute approximate surface area is 132 Å². The smallest absolute Gasteiger partial charge is 0.448 e. The molecular weight excluding hydrogens is 553 g/mol. The molecule has 0 aromatic carbocycles. The Morgan fingerprint density at radius 1 is 1.62 bits per heavy atom. The normalized spacial score (nSPS) is 8.75. The van der Waals surface area contributed by atoms with Crippen LogP contribution in [-0.4, -0.2) is 18.7 Å². The Morgan fingerprint density at radius 3 is 2.75 bits per heavy atom. The van der Waals surface area contributed by atoms with Gasteiger partial charge in [0.2, 0.25) is 0 Å². The molecule has 0 aliphatic heterocycles. The van der Waals surface area contributed by atoms with Crippen LogP contribution < -0.4 is 10.6 Å². The largest absolute Gasteiger partial charge is 2.00 e. The van der Waals surface area contributed by atoms with Crippen LogP contribution in [-0.2, 0) is 6.54 Å². The molecule has 0 amide bonds. The average Bonchev–Trinajstić information content (AvgIpc) is 2.22. The predicted molar refractivity (Wildman–Crippen MR) is 63.2 cm³/mol. The number of rotatable bonds is 4. The Balaban J connectivity index is 0. The number of pyridine rings is 1. The zero-order valence-corrected chi connectivity index (χ0v) is 15.0. The van der Waals surface area contributed by atoms with Crippen LogP contribution in [0, 0.1) is 47.8 Å². The first-order chi connectivity index (χ1) is 7.26. The molecule has 3 nitrogen and oxygen atoms in total. The summed E-state index contributed by atoms with van der Waals surface area (Å²) in [5.41, 5.74) is 0.584. The number of nitrogens with zero attached hydrogens (tertiary/aromatic N) is 1. The van der Waals surface area contributed by atoms with Gasteiger partial charge in [-0.05, 0) is 13.6 Å². The Morgan fingerprint density at radius 2 is 2.25 bits per heavy atom. The fraction of sp³-hybridized carbons (Fsp3) is 0.333. The first kappa shape index (κ1) is 19.1. The number of halogens is 3. The molecule has 16 heavy (non-hydrogen) atoms. The summed E-state index contributed by atoms with van der Waals surface area (Å²) in [6.45, 7) is 1.15. The zero-order chi connectivity index (χ0) is 11.5. The molecule has 0 spiro atoms. The third-order valence-electron chi connectivity index (χ3n) is 1.42. The van der Waals surface area contributed by atoms with Gasteiger partial charge in [-0.15, -0.1) is 10.2 Å². The maximum atomic E-state index is 12.9. The number of hydrogen-bond acceptors (Lipinski definition) is 3. The number of aromatic nitrogens is 1. The fourth-order valence-corrected chi connectivity index (χ4v) is 0.819. The van der Waals surface area contributed by atoms with Crippen molar-refractivity contribution >= 4 is 22.6 Å². The van der Waals surface area contributed by atoms with Crippen LogP contribution in [0.1, 0.15) is 5.56 Å². The van der Waals surface area contributed by atoms with Gasteiger partial charge in [-0.2, -0.15) is 6.07 Å². The van der Waals surface area contributed by atoms with E-state index >= 15 is 0 Å². The molecule has 1 aromatic rings. The molecule has 0 bridgehead atoms. The molecule has 0 aliphatic carbocycles. The van der Waals surface area contributed by atoms with Crippen molar-refractivity contribution in [1.82, 2.24) is 15.6 Å². The van der Waals surface area contributed by atoms with Crippen molar-refractivity contribution in [2.45, 2.75) is 6.54 Å². The molecule has 0 saturated heterocycles. The van der Waals surface area contributed by atoms with Gasteiger partial charge in [-0.3, -0.25) is 22.6 Å². The van der Waals surface area contributed by atoms with Crippen LogP contribution in [0.25, 0.3) is 0 Å². The average molecular weight is 565 g/mol. The van der Waals surface area contributed by atoms with Gasteiger partial charge in [0.05, 0.1) is 0 Å². The van der Waals surface area contributed by atoms with Crippen molar-refractivity contribution in [3.05, 3.63) is 34.5 Å². The summed E-state index contributed by atoms with van der Waals surface area (Å²) in [5.74, 6) is -0.294. The van der Waals surface area contributed by atoms with E-state index < -0.39 is 0 Å². The molecule has 0 atom stereocenters. The van der Waals surface area contributed by atoms with Crippen LogP contribution in [0.2, 0.25) is 0 Å². The van der Waals surface area contributed by atoms with Gasteiger partial charge in [0.15, 0.2) is 0 Å². The van der Waals surface area contributed by atoms with Gasteiger partial charge in [-0.25, -0.2) is 4.39 Å². The number of hydrogen-bond donors (Lipinski definition) is 2. The second-order valence-electron chi connectivity index (χ2n) is 2.44. The van der Waals surface area contributed by atoms with Gasteiger partial charge >= 0.3 is 31.1 Å². The summed E-state index contributed by atoms with van der Waals surface area (Å²) in [6.07, 6.45) is 3.74. The van der Waals surface area contributed by atoms with E-state index in [0.29, 0.717) is 23.5 Å². The summed E-state index contributed by atoms with van der Waals surface area (Å²) in [6, 6.07) is 1.54. The van der Waals surface area contributed by atoms with Gasteiger partial charge in [0.1, 0.15) is 0 Å². The molecule has 1 heterocycles. The minimum atomic E-state index is -0.294. The van der Waals surface area contributed by atoms with E-state index in [1.807, 2.05) is 7.05 Å². The van der Waals surface area contributed by atoms with Crippen molar-refractivity contribution in [3.8, 4) is 0 Å². The van der Waals surface area contributed by atoms with Gasteiger partial charge in [0, 0.05) is 12.5 Å². The molecule has 7 heteroatoms. The summed E-state index contributed by atoms with van der Waals surface area (Å²) >= 11 is 1.50. The predicted octanol–water partition coefficient (Wildman–Crippen LogP) is 1.80. The first-order valence-corrected chi connectivity index (χ1v) is 5.38. The summed E-state index contributed by atoms with van der Waals surface area (Å²) in [5, 5.41) is 5.89. The molecule has 0 radical (unpaired) electrons. The Bertz CT molecular complexity index is 266. The van der Waals surface area contributed by atoms with Gasteiger partial charge in [-0.1, -0.05) is 12.4 Å². The fourth-order valence-electron chi connectivity index (χ4n) is 0.819. The standard InChI is InChI=1S/C8H11FN3.CHFI.U/c1-10-6-12-4-7-2-3-11-5-8(7)9;2-1-3;/h2,5,10,12H,4,6H2,1H3;1H;/q2*-1;+2. The molecule has 0 saturated carbocycles. The van der Waals surface area contributed by atoms with E-state index in [0.717, 1.165) is 6.20 Å². The first-order valence-electron chi connectivity index (χ1n) is 4.14. The second kappa shape index (κ2) is 13.8. The SMILES string of the molecule is CNCNCc1c[c-]ncc1F.F[CH-]I.[U+2]. The van der Waals surface area contributed by atoms with Crippen molar-refractivity contribution in [2.24, 2.45) is 0 Å². The van der Waals surface area contributed by atoms with Gasteiger partial charge < -0.3 is 20.0 Å². The minimum Gasteiger partial charge on any atom is -0.448 e. The summed E-state index contributed by atoms with van der Waals surface area (Å²) in [7, 11) is 1.82. The van der Waals surface area contributed by atoms with Crippen LogP contribution in [0.15, 0.2) is 12.3 Å². The summed E-state index contributed by atoms with van der Waals surface area (Å²) < 4.78 is 23.5. The topological polar surface area (TPSA) is 37.0 Å². The van der Waals surface area contributed by atoms with Crippen LogP contribution in [0.3, 0.4) is 0 Å². The Kier molecular flexibility index (Phi) is 16.4. The third kappa shape index (κ3) is 9.90. The van der Waals surface area contributed by atoms with E-state index in [-0.39, 0.29) is 36.9 Å². The third-order valence-corrected chi connectivity index (χ3v) is 1.42. The maximum Gasteiger partial charge on any atom is 2.00 e. The van der Waals surface area contributed by atoms with Crippen molar-refractivity contribution in [1.29, 1.82) is 0 Å². The quantitative estimate of drug-likeness (QED) is 0.253. The van der Waals surface area contributed by atoms with Crippen molar-refractivity contribution in [2.75, 3.05) is 13.7 Å². The Hall–Kier alpha value is 0.712. The molecular formula is C9H12F2IN3U. The monoisotopic (exact) mass is 565 g/mol. The molecule has 0 unspecified atom stereocenters. The minimum absolute atomic E-state index is 0. The van der Waals surface area contributed by atoms with Crippen LogP contribution in [0.4, 0.5) is 8.78 Å². The number of nitrogens with one attached hydrogen (secondary N) is 2. The molecule has 2 N–H and O–H groups in total. The molecule has 1 aromatic heterocycles. The molecule has 1 rings (SSSR count). The van der Waals surface area contributed by atoms with Crippen molar-refractivity contribution < 1.29 is 39.9 Å². The van der Waals surface area contributed by atoms with E-state index in [1.54, 1.807) is 0 Å². The van der Waals surface area contributed by atoms with E-state index in [9.17, 15) is 8.78 Å². The summed E-state index contributed by atoms with van der Waals surface area (Å²) in [4.78, 5) is 3.53. The zero-order valence-electron chi connectivity index (χ0n) is 8.73. The van der Waals surface area contributed by atoms with Crippen LogP contribution in [0.5, 0.6) is 0 Å². The van der Waals surface area contributed by atoms with Crippen molar-refractivity contribution in [3.63, 3.8) is 0 Å². The molecule has 88 valence electrons. The molecule has 0 fully saturated rings. The van der Waals surface area contributed by atoms with E-state index in [2.05, 4.69) is 21.8 Å².